The van der Waals surface area contributed by atoms with Crippen LogP contribution < -0.4 is 9.46 Å². The molecule has 3 aromatic rings. The number of methoxy groups -OCH3 is 1. The minimum absolute atomic E-state index is 0.0698. The van der Waals surface area contributed by atoms with Crippen molar-refractivity contribution in [2.24, 2.45) is 5.41 Å². The Bertz CT molecular complexity index is 1630. The molecule has 4 aliphatic rings. The SMILES string of the molecule is COc1ccc2c(c1)C1CC1(C(=O)N1C[C@@H](C)N(C)[C@@H](C)C1)Cn1c-2c(C2CCCCC2)c2ccc(C(=O)NSC(C)C)cc21. The molecule has 1 N–H and O–H groups in total. The van der Waals surface area contributed by atoms with Gasteiger partial charge in [0, 0.05) is 64.9 Å². The second-order valence-corrected chi connectivity index (χ2v) is 15.8. The molecule has 4 atom stereocenters. The Morgan fingerprint density at radius 1 is 1.02 bits per heavy atom. The molecule has 2 aliphatic carbocycles. The summed E-state index contributed by atoms with van der Waals surface area (Å²) in [5, 5.41) is 1.53. The third-order valence-electron chi connectivity index (χ3n) is 11.2. The van der Waals surface area contributed by atoms with Crippen LogP contribution in [-0.2, 0) is 11.3 Å². The number of rotatable bonds is 6. The Morgan fingerprint density at radius 2 is 1.76 bits per heavy atom. The zero-order valence-corrected chi connectivity index (χ0v) is 28.5. The lowest BCUT2D eigenvalue weighted by Crippen LogP contribution is -2.58. The first-order valence-electron chi connectivity index (χ1n) is 16.9. The second kappa shape index (κ2) is 11.7. The van der Waals surface area contributed by atoms with E-state index >= 15 is 0 Å². The molecule has 8 heteroatoms. The van der Waals surface area contributed by atoms with Crippen LogP contribution in [0.2, 0.25) is 0 Å². The fourth-order valence-electron chi connectivity index (χ4n) is 8.54. The van der Waals surface area contributed by atoms with Crippen molar-refractivity contribution in [2.45, 2.75) is 102 Å². The van der Waals surface area contributed by atoms with Gasteiger partial charge in [-0.05, 0) is 99.5 Å². The quantitative estimate of drug-likeness (QED) is 0.293. The lowest BCUT2D eigenvalue weighted by molar-refractivity contribution is -0.141. The van der Waals surface area contributed by atoms with E-state index < -0.39 is 5.41 Å². The van der Waals surface area contributed by atoms with Crippen LogP contribution in [0.5, 0.6) is 5.75 Å². The van der Waals surface area contributed by atoms with Gasteiger partial charge in [-0.2, -0.15) is 0 Å². The van der Waals surface area contributed by atoms with Crippen molar-refractivity contribution in [3.8, 4) is 17.0 Å². The number of hydrogen-bond donors (Lipinski definition) is 1. The van der Waals surface area contributed by atoms with Gasteiger partial charge in [0.1, 0.15) is 5.75 Å². The number of benzene rings is 2. The highest BCUT2D eigenvalue weighted by Crippen LogP contribution is 2.66. The Hall–Kier alpha value is -2.97. The van der Waals surface area contributed by atoms with Crippen molar-refractivity contribution in [1.29, 1.82) is 0 Å². The number of carbonyl (C=O) groups excluding carboxylic acids is 2. The van der Waals surface area contributed by atoms with E-state index in [4.69, 9.17) is 4.74 Å². The number of aromatic nitrogens is 1. The van der Waals surface area contributed by atoms with E-state index in [2.05, 4.69) is 84.2 Å². The van der Waals surface area contributed by atoms with Crippen LogP contribution in [0.25, 0.3) is 22.2 Å². The minimum atomic E-state index is -0.511. The van der Waals surface area contributed by atoms with Crippen LogP contribution in [0.3, 0.4) is 0 Å². The predicted octanol–water partition coefficient (Wildman–Crippen LogP) is 7.19. The van der Waals surface area contributed by atoms with Crippen LogP contribution >= 0.6 is 11.9 Å². The van der Waals surface area contributed by atoms with Crippen molar-refractivity contribution >= 4 is 34.7 Å². The lowest BCUT2D eigenvalue weighted by atomic mass is 9.81. The van der Waals surface area contributed by atoms with Gasteiger partial charge in [-0.1, -0.05) is 39.2 Å². The molecule has 7 rings (SSSR count). The number of ether oxygens (including phenoxy) is 1. The number of likely N-dealkylation sites (N-methyl/N-ethyl adjacent to an activating group) is 1. The fourth-order valence-corrected chi connectivity index (χ4v) is 9.00. The molecule has 2 unspecified atom stereocenters. The van der Waals surface area contributed by atoms with E-state index in [1.165, 1.54) is 71.8 Å². The summed E-state index contributed by atoms with van der Waals surface area (Å²) >= 11 is 1.45. The van der Waals surface area contributed by atoms with Crippen molar-refractivity contribution in [2.75, 3.05) is 27.2 Å². The third-order valence-corrected chi connectivity index (χ3v) is 12.0. The maximum absolute atomic E-state index is 14.8. The molecule has 3 fully saturated rings. The number of amides is 2. The highest BCUT2D eigenvalue weighted by atomic mass is 32.2. The molecule has 1 aromatic heterocycles. The maximum atomic E-state index is 14.8. The van der Waals surface area contributed by atoms with E-state index in [1.54, 1.807) is 7.11 Å². The number of piperazine rings is 1. The van der Waals surface area contributed by atoms with Gasteiger partial charge in [0.05, 0.1) is 18.2 Å². The summed E-state index contributed by atoms with van der Waals surface area (Å²) in [5.41, 5.74) is 6.36. The number of fused-ring (bicyclic) bond motifs is 7. The number of nitrogens with zero attached hydrogens (tertiary/aromatic N) is 3. The van der Waals surface area contributed by atoms with Gasteiger partial charge in [-0.15, -0.1) is 0 Å². The molecule has 2 saturated carbocycles. The summed E-state index contributed by atoms with van der Waals surface area (Å²) < 4.78 is 11.2. The molecule has 240 valence electrons. The van der Waals surface area contributed by atoms with Gasteiger partial charge >= 0.3 is 0 Å². The first-order chi connectivity index (χ1) is 21.6. The van der Waals surface area contributed by atoms with Gasteiger partial charge < -0.3 is 14.2 Å². The normalized spacial score (nSPS) is 26.6. The largest absolute Gasteiger partial charge is 0.497 e. The van der Waals surface area contributed by atoms with Gasteiger partial charge in [0.2, 0.25) is 5.91 Å². The summed E-state index contributed by atoms with van der Waals surface area (Å²) in [5.74, 6) is 1.66. The van der Waals surface area contributed by atoms with Crippen LogP contribution in [0, 0.1) is 5.41 Å². The Labute approximate surface area is 272 Å². The van der Waals surface area contributed by atoms with E-state index in [0.29, 0.717) is 35.4 Å². The zero-order valence-electron chi connectivity index (χ0n) is 27.7. The Kier molecular flexibility index (Phi) is 7.96. The fraction of sp³-hybridized carbons (Fsp3) is 0.568. The molecular formula is C37H48N4O3S. The smallest absolute Gasteiger partial charge is 0.261 e. The highest BCUT2D eigenvalue weighted by Gasteiger charge is 2.64. The average Bonchev–Trinajstić information content (AvgIpc) is 3.71. The number of hydrogen-bond acceptors (Lipinski definition) is 5. The van der Waals surface area contributed by atoms with E-state index in [0.717, 1.165) is 30.8 Å². The average molecular weight is 629 g/mol. The van der Waals surface area contributed by atoms with Gasteiger partial charge in [-0.3, -0.25) is 19.2 Å². The maximum Gasteiger partial charge on any atom is 0.261 e. The summed E-state index contributed by atoms with van der Waals surface area (Å²) in [6.45, 7) is 10.7. The molecule has 0 spiro atoms. The van der Waals surface area contributed by atoms with E-state index in [9.17, 15) is 9.59 Å². The molecule has 0 bridgehead atoms. The lowest BCUT2D eigenvalue weighted by Gasteiger charge is -2.43. The molecule has 2 aromatic carbocycles. The molecule has 0 radical (unpaired) electrons. The molecule has 3 heterocycles. The topological polar surface area (TPSA) is 66.8 Å². The first kappa shape index (κ1) is 30.7. The second-order valence-electron chi connectivity index (χ2n) is 14.5. The van der Waals surface area contributed by atoms with Crippen molar-refractivity contribution < 1.29 is 14.3 Å². The predicted molar refractivity (Wildman–Crippen MR) is 183 cm³/mol. The minimum Gasteiger partial charge on any atom is -0.497 e. The molecule has 1 saturated heterocycles. The summed E-state index contributed by atoms with van der Waals surface area (Å²) in [6, 6.07) is 13.4. The van der Waals surface area contributed by atoms with Crippen molar-refractivity contribution in [3.63, 3.8) is 0 Å². The van der Waals surface area contributed by atoms with Crippen LogP contribution in [0.1, 0.15) is 99.5 Å². The van der Waals surface area contributed by atoms with Crippen LogP contribution in [0.15, 0.2) is 36.4 Å². The summed E-state index contributed by atoms with van der Waals surface area (Å²) in [6.07, 6.45) is 6.96. The van der Waals surface area contributed by atoms with Crippen LogP contribution in [-0.4, -0.2) is 70.8 Å². The first-order valence-corrected chi connectivity index (χ1v) is 17.8. The summed E-state index contributed by atoms with van der Waals surface area (Å²) in [4.78, 5) is 32.7. The van der Waals surface area contributed by atoms with E-state index in [-0.39, 0.29) is 17.7 Å². The molecular weight excluding hydrogens is 580 g/mol. The van der Waals surface area contributed by atoms with E-state index in [1.807, 2.05) is 6.07 Å². The molecule has 45 heavy (non-hydrogen) atoms. The molecule has 7 nitrogen and oxygen atoms in total. The highest BCUT2D eigenvalue weighted by molar-refractivity contribution is 7.98. The van der Waals surface area contributed by atoms with Gasteiger partial charge in [-0.25, -0.2) is 0 Å². The Morgan fingerprint density at radius 3 is 2.44 bits per heavy atom. The molecule has 2 amide bonds. The van der Waals surface area contributed by atoms with Crippen molar-refractivity contribution in [1.82, 2.24) is 19.1 Å². The summed E-state index contributed by atoms with van der Waals surface area (Å²) in [7, 11) is 3.90. The number of nitrogens with one attached hydrogen (secondary N) is 1. The van der Waals surface area contributed by atoms with Crippen LogP contribution in [0.4, 0.5) is 0 Å². The van der Waals surface area contributed by atoms with Crippen molar-refractivity contribution in [3.05, 3.63) is 53.1 Å². The number of carbonyl (C=O) groups is 2. The zero-order chi connectivity index (χ0) is 31.6. The third kappa shape index (κ3) is 5.16. The molecule has 2 aliphatic heterocycles. The van der Waals surface area contributed by atoms with Gasteiger partial charge in [0.25, 0.3) is 5.91 Å². The Balaban J connectivity index is 1.41. The van der Waals surface area contributed by atoms with Gasteiger partial charge in [0.15, 0.2) is 0 Å². The monoisotopic (exact) mass is 628 g/mol. The standard InChI is InChI=1S/C37H48N4O3S/c1-22(2)45-38-35(42)26-12-14-29-32(16-26)41-21-37(36(43)40-19-23(3)39(5)24(4)20-40)18-31(37)30-17-27(44-6)13-15-28(30)34(41)33(29)25-10-8-7-9-11-25/h12-17,22-25,31H,7-11,18-21H2,1-6H3,(H,38,42)/t23-,24+,31?,37?.